The molecule has 1 fully saturated rings. The van der Waals surface area contributed by atoms with Gasteiger partial charge in [-0.05, 0) is 48.0 Å². The monoisotopic (exact) mass is 426 g/mol. The van der Waals surface area contributed by atoms with Crippen LogP contribution >= 0.6 is 11.6 Å². The van der Waals surface area contributed by atoms with Crippen LogP contribution in [0, 0.1) is 11.6 Å². The summed E-state index contributed by atoms with van der Waals surface area (Å²) in [5.41, 5.74) is -0.0954. The van der Waals surface area contributed by atoms with Crippen LogP contribution in [0.4, 0.5) is 14.5 Å². The van der Waals surface area contributed by atoms with Crippen LogP contribution in [0.3, 0.4) is 0 Å². The number of anilines is 1. The van der Waals surface area contributed by atoms with Crippen molar-refractivity contribution in [2.75, 3.05) is 4.90 Å². The number of amides is 1. The fourth-order valence-corrected chi connectivity index (χ4v) is 3.49. The maximum absolute atomic E-state index is 14.5. The predicted octanol–water partition coefficient (Wildman–Crippen LogP) is 4.64. The molecule has 0 aliphatic carbocycles. The number of aliphatic hydroxyl groups is 1. The highest BCUT2D eigenvalue weighted by atomic mass is 35.5. The topological polar surface area (TPSA) is 70.5 Å². The third kappa shape index (κ3) is 3.33. The van der Waals surface area contributed by atoms with Gasteiger partial charge in [-0.15, -0.1) is 0 Å². The van der Waals surface area contributed by atoms with Crippen LogP contribution in [0.1, 0.15) is 17.2 Å². The van der Waals surface area contributed by atoms with Gasteiger partial charge in [0.05, 0.1) is 17.3 Å². The lowest BCUT2D eigenvalue weighted by atomic mass is 9.96. The van der Waals surface area contributed by atoms with E-state index in [2.05, 4.69) is 4.98 Å². The molecule has 1 N–H and O–H groups in total. The Morgan fingerprint density at radius 1 is 1.07 bits per heavy atom. The molecule has 3 aromatic rings. The first-order chi connectivity index (χ1) is 14.4. The molecule has 1 aromatic heterocycles. The molecule has 1 amide bonds. The Bertz CT molecular complexity index is 1180. The van der Waals surface area contributed by atoms with Crippen molar-refractivity contribution in [3.8, 4) is 0 Å². The van der Waals surface area contributed by atoms with E-state index in [1.807, 2.05) is 0 Å². The van der Waals surface area contributed by atoms with Crippen molar-refractivity contribution in [3.63, 3.8) is 0 Å². The van der Waals surface area contributed by atoms with Crippen molar-refractivity contribution >= 4 is 34.7 Å². The van der Waals surface area contributed by atoms with Crippen molar-refractivity contribution in [2.45, 2.75) is 6.04 Å². The molecular weight excluding hydrogens is 414 g/mol. The average molecular weight is 427 g/mol. The van der Waals surface area contributed by atoms with Gasteiger partial charge < -0.3 is 5.11 Å². The maximum Gasteiger partial charge on any atom is 0.300 e. The molecule has 30 heavy (non-hydrogen) atoms. The SMILES string of the molecule is O=C1C(=O)N(c2cc(F)ccc2F)C(c2cccnc2)/C1=C(\O)c1ccc(Cl)cc1. The van der Waals surface area contributed by atoms with Gasteiger partial charge >= 0.3 is 0 Å². The molecule has 5 nitrogen and oxygen atoms in total. The van der Waals surface area contributed by atoms with Gasteiger partial charge in [-0.1, -0.05) is 17.7 Å². The van der Waals surface area contributed by atoms with Gasteiger partial charge in [0.2, 0.25) is 0 Å². The standard InChI is InChI=1S/C22H13ClF2N2O3/c23-14-5-3-12(4-6-14)20(28)18-19(13-2-1-9-26-11-13)27(22(30)21(18)29)17-10-15(24)7-8-16(17)25/h1-11,19,28H/b20-18+. The number of carbonyl (C=O) groups is 2. The molecule has 8 heteroatoms. The molecule has 0 saturated carbocycles. The Hall–Kier alpha value is -3.58. The Morgan fingerprint density at radius 2 is 1.80 bits per heavy atom. The fourth-order valence-electron chi connectivity index (χ4n) is 3.37. The van der Waals surface area contributed by atoms with Crippen LogP contribution in [-0.2, 0) is 9.59 Å². The van der Waals surface area contributed by atoms with Crippen LogP contribution in [0.2, 0.25) is 5.02 Å². The van der Waals surface area contributed by atoms with Gasteiger partial charge in [0.1, 0.15) is 17.4 Å². The van der Waals surface area contributed by atoms with E-state index in [4.69, 9.17) is 11.6 Å². The third-order valence-corrected chi connectivity index (χ3v) is 4.98. The third-order valence-electron chi connectivity index (χ3n) is 4.73. The second kappa shape index (κ2) is 7.68. The number of ketones is 1. The van der Waals surface area contributed by atoms with Gasteiger partial charge in [0.15, 0.2) is 0 Å². The number of hydrogen-bond acceptors (Lipinski definition) is 4. The quantitative estimate of drug-likeness (QED) is 0.376. The van der Waals surface area contributed by atoms with E-state index in [0.29, 0.717) is 10.6 Å². The summed E-state index contributed by atoms with van der Waals surface area (Å²) in [4.78, 5) is 30.6. The Balaban J connectivity index is 1.97. The number of rotatable bonds is 3. The number of benzene rings is 2. The number of nitrogens with zero attached hydrogens (tertiary/aromatic N) is 2. The maximum atomic E-state index is 14.5. The molecule has 1 atom stereocenters. The molecular formula is C22H13ClF2N2O3. The zero-order chi connectivity index (χ0) is 21.4. The Morgan fingerprint density at radius 3 is 2.47 bits per heavy atom. The van der Waals surface area contributed by atoms with E-state index in [-0.39, 0.29) is 11.1 Å². The zero-order valence-electron chi connectivity index (χ0n) is 15.2. The van der Waals surface area contributed by atoms with Gasteiger partial charge in [-0.2, -0.15) is 0 Å². The summed E-state index contributed by atoms with van der Waals surface area (Å²) in [5, 5.41) is 11.3. The molecule has 2 aromatic carbocycles. The van der Waals surface area contributed by atoms with Crippen LogP contribution in [-0.4, -0.2) is 21.8 Å². The fraction of sp³-hybridized carbons (Fsp3) is 0.0455. The van der Waals surface area contributed by atoms with Gasteiger partial charge in [-0.3, -0.25) is 19.5 Å². The van der Waals surface area contributed by atoms with Crippen LogP contribution in [0.5, 0.6) is 0 Å². The van der Waals surface area contributed by atoms with Crippen molar-refractivity contribution < 1.29 is 23.5 Å². The number of hydrogen-bond donors (Lipinski definition) is 1. The lowest BCUT2D eigenvalue weighted by Gasteiger charge is -2.25. The van der Waals surface area contributed by atoms with E-state index in [9.17, 15) is 23.5 Å². The second-order valence-corrected chi connectivity index (χ2v) is 6.99. The van der Waals surface area contributed by atoms with E-state index >= 15 is 0 Å². The minimum Gasteiger partial charge on any atom is -0.507 e. The average Bonchev–Trinajstić information content (AvgIpc) is 3.01. The molecule has 1 aliphatic heterocycles. The first kappa shape index (κ1) is 19.7. The number of aromatic nitrogens is 1. The molecule has 2 heterocycles. The minimum atomic E-state index is -1.20. The number of halogens is 3. The number of aliphatic hydroxyl groups excluding tert-OH is 1. The van der Waals surface area contributed by atoms with Crippen molar-refractivity contribution in [1.29, 1.82) is 0 Å². The smallest absolute Gasteiger partial charge is 0.300 e. The second-order valence-electron chi connectivity index (χ2n) is 6.56. The molecule has 150 valence electrons. The molecule has 0 radical (unpaired) electrons. The summed E-state index contributed by atoms with van der Waals surface area (Å²) >= 11 is 5.88. The normalized spacial score (nSPS) is 18.1. The minimum absolute atomic E-state index is 0.242. The Labute approximate surface area is 174 Å². The van der Waals surface area contributed by atoms with Crippen molar-refractivity contribution in [3.05, 3.63) is 100 Å². The highest BCUT2D eigenvalue weighted by Gasteiger charge is 2.47. The van der Waals surface area contributed by atoms with E-state index in [1.54, 1.807) is 12.1 Å². The number of Topliss-reactive ketones (excluding diaryl/α,β-unsaturated/α-hetero) is 1. The largest absolute Gasteiger partial charge is 0.507 e. The van der Waals surface area contributed by atoms with Gasteiger partial charge in [-0.25, -0.2) is 8.78 Å². The first-order valence-corrected chi connectivity index (χ1v) is 9.18. The van der Waals surface area contributed by atoms with E-state index in [1.165, 1.54) is 36.7 Å². The number of pyridine rings is 1. The highest BCUT2D eigenvalue weighted by Crippen LogP contribution is 2.42. The Kier molecular flexibility index (Phi) is 5.05. The summed E-state index contributed by atoms with van der Waals surface area (Å²) in [5.74, 6) is -4.25. The molecule has 1 saturated heterocycles. The highest BCUT2D eigenvalue weighted by molar-refractivity contribution is 6.51. The van der Waals surface area contributed by atoms with Gasteiger partial charge in [0.25, 0.3) is 11.7 Å². The summed E-state index contributed by atoms with van der Waals surface area (Å²) in [6.45, 7) is 0. The molecule has 0 spiro atoms. The molecule has 4 rings (SSSR count). The number of carbonyl (C=O) groups excluding carboxylic acids is 2. The van der Waals surface area contributed by atoms with Gasteiger partial charge in [0, 0.05) is 29.0 Å². The zero-order valence-corrected chi connectivity index (χ0v) is 16.0. The van der Waals surface area contributed by atoms with E-state index < -0.39 is 40.8 Å². The van der Waals surface area contributed by atoms with Crippen molar-refractivity contribution in [2.24, 2.45) is 0 Å². The molecule has 1 unspecified atom stereocenters. The van der Waals surface area contributed by atoms with Crippen LogP contribution < -0.4 is 4.90 Å². The molecule has 0 bridgehead atoms. The van der Waals surface area contributed by atoms with Crippen LogP contribution in [0.25, 0.3) is 5.76 Å². The summed E-state index contributed by atoms with van der Waals surface area (Å²) in [6.07, 6.45) is 2.87. The summed E-state index contributed by atoms with van der Waals surface area (Å²) < 4.78 is 28.4. The van der Waals surface area contributed by atoms with E-state index in [0.717, 1.165) is 23.1 Å². The first-order valence-electron chi connectivity index (χ1n) is 8.80. The summed E-state index contributed by atoms with van der Waals surface area (Å²) in [6, 6.07) is 10.5. The lowest BCUT2D eigenvalue weighted by molar-refractivity contribution is -0.132. The van der Waals surface area contributed by atoms with Crippen molar-refractivity contribution in [1.82, 2.24) is 4.98 Å². The van der Waals surface area contributed by atoms with Crippen LogP contribution in [0.15, 0.2) is 72.6 Å². The predicted molar refractivity (Wildman–Crippen MR) is 107 cm³/mol. The lowest BCUT2D eigenvalue weighted by Crippen LogP contribution is -2.30. The molecule has 1 aliphatic rings. The summed E-state index contributed by atoms with van der Waals surface area (Å²) in [7, 11) is 0.